The Morgan fingerprint density at radius 1 is 0.581 bits per heavy atom. The van der Waals surface area contributed by atoms with Crippen molar-refractivity contribution in [3.05, 3.63) is 210 Å². The predicted octanol–water partition coefficient (Wildman–Crippen LogP) is 14.3. The van der Waals surface area contributed by atoms with Crippen molar-refractivity contribution in [1.29, 1.82) is 0 Å². The van der Waals surface area contributed by atoms with Gasteiger partial charge in [-0.1, -0.05) is 166 Å². The van der Waals surface area contributed by atoms with Crippen LogP contribution in [0.15, 0.2) is 187 Å². The topological polar surface area (TPSA) is 53.4 Å². The van der Waals surface area contributed by atoms with Crippen LogP contribution >= 0.6 is 0 Å². The fourth-order valence-corrected chi connectivity index (χ4v) is 9.71. The lowest BCUT2D eigenvalue weighted by Crippen LogP contribution is -2.39. The minimum absolute atomic E-state index is 0.176. The highest BCUT2D eigenvalue weighted by Gasteiger charge is 2.41. The van der Waals surface area contributed by atoms with Gasteiger partial charge in [-0.25, -0.2) is 15.0 Å². The number of nitrogens with zero attached hydrogens (tertiary/aromatic N) is 4. The molecule has 1 N–H and O–H groups in total. The summed E-state index contributed by atoms with van der Waals surface area (Å²) in [6.45, 7) is 4.66. The Balaban J connectivity index is 0.971. The van der Waals surface area contributed by atoms with Crippen molar-refractivity contribution in [2.45, 2.75) is 38.4 Å². The van der Waals surface area contributed by atoms with E-state index in [1.807, 2.05) is 36.7 Å². The van der Waals surface area contributed by atoms with Gasteiger partial charge in [-0.2, -0.15) is 0 Å². The third-order valence-corrected chi connectivity index (χ3v) is 13.1. The molecular weight excluding hydrogens is 755 g/mol. The van der Waals surface area contributed by atoms with Crippen molar-refractivity contribution in [3.8, 4) is 33.4 Å². The molecular formula is C57H45N5. The minimum atomic E-state index is -0.441. The summed E-state index contributed by atoms with van der Waals surface area (Å²) in [7, 11) is 0. The van der Waals surface area contributed by atoms with Gasteiger partial charge in [-0.15, -0.1) is 0 Å². The Kier molecular flexibility index (Phi) is 9.31. The second-order valence-electron chi connectivity index (χ2n) is 16.4. The molecule has 0 spiro atoms. The molecule has 9 aromatic rings. The molecule has 0 saturated heterocycles. The molecule has 1 aromatic heterocycles. The van der Waals surface area contributed by atoms with Crippen LogP contribution in [-0.2, 0) is 5.41 Å². The van der Waals surface area contributed by atoms with E-state index >= 15 is 0 Å². The number of nitrogens with one attached hydrogen (secondary N) is 1. The number of hydrogen-bond acceptors (Lipinski definition) is 5. The minimum Gasteiger partial charge on any atom is -0.346 e. The molecule has 5 nitrogen and oxygen atoms in total. The Hall–Kier alpha value is -7.63. The molecule has 298 valence electrons. The zero-order chi connectivity index (χ0) is 41.6. The Morgan fingerprint density at radius 2 is 1.24 bits per heavy atom. The van der Waals surface area contributed by atoms with Crippen LogP contribution < -0.4 is 10.2 Å². The molecule has 0 bridgehead atoms. The lowest BCUT2D eigenvalue weighted by atomic mass is 9.73. The molecule has 0 amide bonds. The van der Waals surface area contributed by atoms with E-state index in [0.717, 1.165) is 40.7 Å². The molecule has 5 heteroatoms. The maximum absolute atomic E-state index is 5.10. The van der Waals surface area contributed by atoms with Crippen LogP contribution in [0.1, 0.15) is 54.5 Å². The number of fused-ring (bicyclic) bond motifs is 6. The van der Waals surface area contributed by atoms with E-state index in [2.05, 4.69) is 188 Å². The van der Waals surface area contributed by atoms with Gasteiger partial charge >= 0.3 is 0 Å². The number of aromatic nitrogens is 2. The molecule has 8 aromatic carbocycles. The average molecular weight is 800 g/mol. The van der Waals surface area contributed by atoms with Crippen molar-refractivity contribution in [2.24, 2.45) is 4.99 Å². The highest BCUT2D eigenvalue weighted by Crippen LogP contribution is 2.54. The van der Waals surface area contributed by atoms with Crippen LogP contribution in [-0.4, -0.2) is 22.5 Å². The largest absolute Gasteiger partial charge is 0.346 e. The summed E-state index contributed by atoms with van der Waals surface area (Å²) in [4.78, 5) is 17.2. The third-order valence-electron chi connectivity index (χ3n) is 13.1. The highest BCUT2D eigenvalue weighted by molar-refractivity contribution is 5.95. The predicted molar refractivity (Wildman–Crippen MR) is 260 cm³/mol. The van der Waals surface area contributed by atoms with Gasteiger partial charge in [-0.05, 0) is 116 Å². The van der Waals surface area contributed by atoms with Crippen molar-refractivity contribution in [3.63, 3.8) is 0 Å². The smallest absolute Gasteiger partial charge is 0.233 e. The van der Waals surface area contributed by atoms with E-state index in [1.54, 1.807) is 0 Å². The van der Waals surface area contributed by atoms with E-state index in [9.17, 15) is 0 Å². The lowest BCUT2D eigenvalue weighted by molar-refractivity contribution is 0.490. The van der Waals surface area contributed by atoms with Crippen molar-refractivity contribution in [2.75, 3.05) is 10.2 Å². The van der Waals surface area contributed by atoms with Gasteiger partial charge in [0, 0.05) is 40.2 Å². The molecule has 0 saturated carbocycles. The number of aliphatic imine (C=N–C) groups is 1. The maximum Gasteiger partial charge on any atom is 0.233 e. The van der Waals surface area contributed by atoms with Gasteiger partial charge < -0.3 is 5.32 Å². The quantitative estimate of drug-likeness (QED) is 0.148. The Labute approximate surface area is 362 Å². The summed E-state index contributed by atoms with van der Waals surface area (Å²) in [6.07, 6.45) is 9.94. The van der Waals surface area contributed by atoms with Crippen molar-refractivity contribution in [1.82, 2.24) is 9.97 Å². The fraction of sp³-hybridized carbons (Fsp3) is 0.105. The number of rotatable bonds is 9. The average Bonchev–Trinajstić information content (AvgIpc) is 3.61. The second kappa shape index (κ2) is 15.4. The summed E-state index contributed by atoms with van der Waals surface area (Å²) < 4.78 is 0. The molecule has 62 heavy (non-hydrogen) atoms. The number of hydrogen-bond donors (Lipinski definition) is 1. The molecule has 11 rings (SSSR count). The van der Waals surface area contributed by atoms with Crippen LogP contribution in [0.3, 0.4) is 0 Å². The summed E-state index contributed by atoms with van der Waals surface area (Å²) in [5.41, 5.74) is 16.3. The molecule has 0 fully saturated rings. The third kappa shape index (κ3) is 6.45. The monoisotopic (exact) mass is 799 g/mol. The SMILES string of the molecule is CCC1(CC)c2cc(/C=C/c3cc4ccccc4cc3-c3ccc(-c4ccccc4)cc3)ccc2-c2ccc(N(c3ncc4ccccc4n3)C3N=Cc4ccccc4N3)cc21. The first kappa shape index (κ1) is 37.4. The van der Waals surface area contributed by atoms with Gasteiger partial charge in [-0.3, -0.25) is 4.90 Å². The molecule has 2 aliphatic rings. The van der Waals surface area contributed by atoms with E-state index in [-0.39, 0.29) is 5.41 Å². The number of anilines is 3. The van der Waals surface area contributed by atoms with Gasteiger partial charge in [0.1, 0.15) is 0 Å². The summed E-state index contributed by atoms with van der Waals surface area (Å²) in [6, 6.07) is 63.2. The van der Waals surface area contributed by atoms with E-state index in [4.69, 9.17) is 15.0 Å². The molecule has 0 radical (unpaired) electrons. The summed E-state index contributed by atoms with van der Waals surface area (Å²) >= 11 is 0. The summed E-state index contributed by atoms with van der Waals surface area (Å²) in [5, 5.41) is 7.15. The number of benzene rings is 8. The van der Waals surface area contributed by atoms with Crippen LogP contribution in [0.2, 0.25) is 0 Å². The lowest BCUT2D eigenvalue weighted by Gasteiger charge is -2.34. The van der Waals surface area contributed by atoms with Gasteiger partial charge in [0.15, 0.2) is 0 Å². The van der Waals surface area contributed by atoms with Gasteiger partial charge in [0.2, 0.25) is 12.2 Å². The zero-order valence-electron chi connectivity index (χ0n) is 34.8. The second-order valence-corrected chi connectivity index (χ2v) is 16.4. The maximum atomic E-state index is 5.10. The van der Waals surface area contributed by atoms with Crippen LogP contribution in [0, 0.1) is 0 Å². The molecule has 2 heterocycles. The molecule has 1 aliphatic heterocycles. The van der Waals surface area contributed by atoms with Crippen LogP contribution in [0.4, 0.5) is 17.3 Å². The van der Waals surface area contributed by atoms with E-state index in [1.165, 1.54) is 66.4 Å². The molecule has 1 atom stereocenters. The molecule has 1 aliphatic carbocycles. The first-order valence-corrected chi connectivity index (χ1v) is 21.6. The van der Waals surface area contributed by atoms with Crippen molar-refractivity contribution < 1.29 is 0 Å². The van der Waals surface area contributed by atoms with Crippen LogP contribution in [0.5, 0.6) is 0 Å². The first-order chi connectivity index (χ1) is 30.6. The van der Waals surface area contributed by atoms with Gasteiger partial charge in [0.05, 0.1) is 5.52 Å². The van der Waals surface area contributed by atoms with E-state index in [0.29, 0.717) is 5.95 Å². The standard InChI is InChI=1S/C57H45N5/c1-3-57(4-2)51-32-38(22-24-44-33-42-16-8-9-17-43(42)34-50(44)41-27-25-40(26-28-41)39-14-6-5-7-15-39)23-30-48(51)49-31-29-47(35-52(49)57)62(55-58-36-45-18-10-12-20-53(45)60-55)56-59-37-46-19-11-13-21-54(46)61-56/h5-37,55,60H,3-4H2,1-2H3/b24-22+. The Bertz CT molecular complexity index is 3200. The van der Waals surface area contributed by atoms with E-state index < -0.39 is 6.29 Å². The zero-order valence-corrected chi connectivity index (χ0v) is 34.8. The normalized spacial score (nSPS) is 14.7. The van der Waals surface area contributed by atoms with Crippen molar-refractivity contribution >= 4 is 57.4 Å². The molecule has 1 unspecified atom stereocenters. The van der Waals surface area contributed by atoms with Crippen LogP contribution in [0.25, 0.3) is 67.2 Å². The van der Waals surface area contributed by atoms with Gasteiger partial charge in [0.25, 0.3) is 0 Å². The Morgan fingerprint density at radius 3 is 2.05 bits per heavy atom. The first-order valence-electron chi connectivity index (χ1n) is 21.6. The highest BCUT2D eigenvalue weighted by atomic mass is 15.4. The summed E-state index contributed by atoms with van der Waals surface area (Å²) in [5.74, 6) is 0.597. The fourth-order valence-electron chi connectivity index (χ4n) is 9.71. The number of para-hydroxylation sites is 2.